The third-order valence-electron chi connectivity index (χ3n) is 8.53. The van der Waals surface area contributed by atoms with Crippen LogP contribution >= 0.6 is 0 Å². The number of fused-ring (bicyclic) bond motifs is 1. The Morgan fingerprint density at radius 2 is 1.69 bits per heavy atom. The molecular weight excluding hydrogens is 488 g/mol. The van der Waals surface area contributed by atoms with Crippen molar-refractivity contribution in [2.75, 3.05) is 31.5 Å². The summed E-state index contributed by atoms with van der Waals surface area (Å²) < 4.78 is 1.71. The summed E-state index contributed by atoms with van der Waals surface area (Å²) in [4.78, 5) is 38.3. The third-order valence-corrected chi connectivity index (χ3v) is 8.53. The second-order valence-electron chi connectivity index (χ2n) is 11.2. The lowest BCUT2D eigenvalue weighted by molar-refractivity contribution is -0.129. The van der Waals surface area contributed by atoms with Crippen LogP contribution in [0.5, 0.6) is 0 Å². The summed E-state index contributed by atoms with van der Waals surface area (Å²) in [5.74, 6) is 0.538. The normalized spacial score (nSPS) is 18.7. The molecule has 1 aliphatic heterocycles. The van der Waals surface area contributed by atoms with E-state index < -0.39 is 0 Å². The molecule has 0 radical (unpaired) electrons. The van der Waals surface area contributed by atoms with Crippen molar-refractivity contribution >= 4 is 22.9 Å². The molecule has 1 saturated heterocycles. The number of hydrogen-bond acceptors (Lipinski definition) is 6. The summed E-state index contributed by atoms with van der Waals surface area (Å²) >= 11 is 0. The molecule has 3 heterocycles. The van der Waals surface area contributed by atoms with Gasteiger partial charge in [0.2, 0.25) is 11.9 Å². The van der Waals surface area contributed by atoms with Crippen LogP contribution in [0.3, 0.4) is 0 Å². The fourth-order valence-electron chi connectivity index (χ4n) is 6.37. The Labute approximate surface area is 230 Å². The smallest absolute Gasteiger partial charge is 0.252 e. The highest BCUT2D eigenvalue weighted by atomic mass is 16.2. The minimum Gasteiger partial charge on any atom is -0.348 e. The largest absolute Gasteiger partial charge is 0.348 e. The Kier molecular flexibility index (Phi) is 7.84. The van der Waals surface area contributed by atoms with Gasteiger partial charge in [0.1, 0.15) is 5.65 Å². The number of nitrogens with zero attached hydrogens (tertiary/aromatic N) is 5. The molecule has 1 aliphatic carbocycles. The SMILES string of the molecule is C=CC(=O)N1CCN(C2(c3ccc([C@H](C)Nc4ncc5ccc(=O)n(C(C)C)c5n4)cc3)CCCCC2)CC1. The van der Waals surface area contributed by atoms with Crippen molar-refractivity contribution in [2.45, 2.75) is 70.5 Å². The van der Waals surface area contributed by atoms with Gasteiger partial charge < -0.3 is 10.2 Å². The number of anilines is 1. The van der Waals surface area contributed by atoms with Crippen LogP contribution in [0, 0.1) is 0 Å². The zero-order chi connectivity index (χ0) is 27.6. The molecule has 2 aromatic heterocycles. The molecule has 3 aromatic rings. The van der Waals surface area contributed by atoms with Crippen molar-refractivity contribution in [3.05, 3.63) is 76.7 Å². The van der Waals surface area contributed by atoms with Gasteiger partial charge in [0.25, 0.3) is 5.56 Å². The van der Waals surface area contributed by atoms with Gasteiger partial charge in [-0.15, -0.1) is 0 Å². The van der Waals surface area contributed by atoms with Crippen molar-refractivity contribution in [2.24, 2.45) is 0 Å². The van der Waals surface area contributed by atoms with E-state index in [9.17, 15) is 9.59 Å². The van der Waals surface area contributed by atoms with Crippen LogP contribution in [-0.2, 0) is 10.3 Å². The number of carbonyl (C=O) groups is 1. The molecule has 1 atom stereocenters. The van der Waals surface area contributed by atoms with Crippen LogP contribution in [0.4, 0.5) is 5.95 Å². The zero-order valence-corrected chi connectivity index (χ0v) is 23.4. The van der Waals surface area contributed by atoms with Gasteiger partial charge in [-0.3, -0.25) is 19.1 Å². The molecule has 206 valence electrons. The first-order valence-electron chi connectivity index (χ1n) is 14.2. The van der Waals surface area contributed by atoms with Crippen LogP contribution in [0.2, 0.25) is 0 Å². The van der Waals surface area contributed by atoms with E-state index in [2.05, 4.69) is 53.0 Å². The number of amides is 1. The Balaban J connectivity index is 1.35. The molecule has 1 amide bonds. The van der Waals surface area contributed by atoms with E-state index in [-0.39, 0.29) is 29.1 Å². The summed E-state index contributed by atoms with van der Waals surface area (Å²) in [5.41, 5.74) is 3.13. The van der Waals surface area contributed by atoms with Gasteiger partial charge in [0.15, 0.2) is 0 Å². The Morgan fingerprint density at radius 1 is 1.00 bits per heavy atom. The topological polar surface area (TPSA) is 83.4 Å². The van der Waals surface area contributed by atoms with Crippen LogP contribution in [0.15, 0.2) is 60.0 Å². The average Bonchev–Trinajstić information content (AvgIpc) is 2.97. The molecule has 8 nitrogen and oxygen atoms in total. The van der Waals surface area contributed by atoms with Crippen molar-refractivity contribution in [1.82, 2.24) is 24.3 Å². The number of pyridine rings is 1. The molecular formula is C31H40N6O2. The summed E-state index contributed by atoms with van der Waals surface area (Å²) in [6.07, 6.45) is 9.24. The monoisotopic (exact) mass is 528 g/mol. The molecule has 1 N–H and O–H groups in total. The van der Waals surface area contributed by atoms with Crippen molar-refractivity contribution in [1.29, 1.82) is 0 Å². The summed E-state index contributed by atoms with van der Waals surface area (Å²) in [7, 11) is 0. The molecule has 0 unspecified atom stereocenters. The molecule has 39 heavy (non-hydrogen) atoms. The van der Waals surface area contributed by atoms with E-state index >= 15 is 0 Å². The van der Waals surface area contributed by atoms with Crippen LogP contribution in [0.25, 0.3) is 11.0 Å². The number of rotatable bonds is 7. The van der Waals surface area contributed by atoms with Gasteiger partial charge >= 0.3 is 0 Å². The van der Waals surface area contributed by atoms with Gasteiger partial charge in [0, 0.05) is 55.4 Å². The highest BCUT2D eigenvalue weighted by Gasteiger charge is 2.41. The van der Waals surface area contributed by atoms with Gasteiger partial charge in [-0.2, -0.15) is 4.98 Å². The highest BCUT2D eigenvalue weighted by molar-refractivity contribution is 5.87. The average molecular weight is 529 g/mol. The number of hydrogen-bond donors (Lipinski definition) is 1. The number of aromatic nitrogens is 3. The first-order valence-corrected chi connectivity index (χ1v) is 14.2. The van der Waals surface area contributed by atoms with E-state index in [0.717, 1.165) is 50.0 Å². The van der Waals surface area contributed by atoms with E-state index in [4.69, 9.17) is 4.98 Å². The maximum atomic E-state index is 12.4. The maximum Gasteiger partial charge on any atom is 0.252 e. The number of benzene rings is 1. The number of carbonyl (C=O) groups excluding carboxylic acids is 1. The molecule has 1 saturated carbocycles. The predicted molar refractivity (Wildman–Crippen MR) is 156 cm³/mol. The van der Waals surface area contributed by atoms with Crippen LogP contribution in [0.1, 0.15) is 76.1 Å². The maximum absolute atomic E-state index is 12.4. The predicted octanol–water partition coefficient (Wildman–Crippen LogP) is 5.04. The van der Waals surface area contributed by atoms with Crippen molar-refractivity contribution in [3.8, 4) is 0 Å². The Bertz CT molecular complexity index is 1380. The fraction of sp³-hybridized carbons (Fsp3) is 0.484. The quantitative estimate of drug-likeness (QED) is 0.433. The Morgan fingerprint density at radius 3 is 2.33 bits per heavy atom. The summed E-state index contributed by atoms with van der Waals surface area (Å²) in [6, 6.07) is 12.4. The van der Waals surface area contributed by atoms with Gasteiger partial charge in [-0.1, -0.05) is 50.1 Å². The second kappa shape index (κ2) is 11.3. The van der Waals surface area contributed by atoms with Crippen molar-refractivity contribution < 1.29 is 4.79 Å². The van der Waals surface area contributed by atoms with E-state index in [1.54, 1.807) is 22.9 Å². The summed E-state index contributed by atoms with van der Waals surface area (Å²) in [5, 5.41) is 4.28. The van der Waals surface area contributed by atoms with Gasteiger partial charge in [-0.25, -0.2) is 4.98 Å². The minimum absolute atomic E-state index is 0.00444. The lowest BCUT2D eigenvalue weighted by Gasteiger charge is -2.50. The molecule has 5 rings (SSSR count). The number of nitrogens with one attached hydrogen (secondary N) is 1. The van der Waals surface area contributed by atoms with E-state index in [0.29, 0.717) is 11.6 Å². The Hall–Kier alpha value is -3.52. The lowest BCUT2D eigenvalue weighted by Crippen LogP contribution is -2.57. The van der Waals surface area contributed by atoms with E-state index in [1.807, 2.05) is 18.7 Å². The molecule has 0 bridgehead atoms. The first kappa shape index (κ1) is 27.1. The standard InChI is InChI=1S/C31H40N6O2/c1-5-27(38)35-17-19-36(20-18-35)31(15-7-6-8-16-31)26-12-9-24(10-13-26)23(4)33-30-32-21-25-11-14-28(39)37(22(2)3)29(25)34-30/h5,9-14,21-23H,1,6-8,15-20H2,2-4H3,(H,32,33,34)/t23-/m0/s1. The van der Waals surface area contributed by atoms with Crippen molar-refractivity contribution in [3.63, 3.8) is 0 Å². The third kappa shape index (κ3) is 5.35. The minimum atomic E-state index is -0.0591. The number of piperazine rings is 1. The second-order valence-corrected chi connectivity index (χ2v) is 11.2. The van der Waals surface area contributed by atoms with Crippen LogP contribution < -0.4 is 10.9 Å². The van der Waals surface area contributed by atoms with Crippen LogP contribution in [-0.4, -0.2) is 56.4 Å². The lowest BCUT2D eigenvalue weighted by atomic mass is 9.74. The molecule has 0 spiro atoms. The molecule has 1 aromatic carbocycles. The fourth-order valence-corrected chi connectivity index (χ4v) is 6.37. The molecule has 8 heteroatoms. The first-order chi connectivity index (χ1) is 18.8. The zero-order valence-electron chi connectivity index (χ0n) is 23.4. The molecule has 2 aliphatic rings. The van der Waals surface area contributed by atoms with Gasteiger partial charge in [0.05, 0.1) is 6.04 Å². The molecule has 2 fully saturated rings. The van der Waals surface area contributed by atoms with E-state index in [1.165, 1.54) is 30.9 Å². The highest BCUT2D eigenvalue weighted by Crippen LogP contribution is 2.43. The van der Waals surface area contributed by atoms with Gasteiger partial charge in [-0.05, 0) is 56.9 Å². The summed E-state index contributed by atoms with van der Waals surface area (Å²) in [6.45, 7) is 13.0.